The van der Waals surface area contributed by atoms with Crippen molar-refractivity contribution in [3.63, 3.8) is 0 Å². The number of nitrogens with zero attached hydrogens (tertiary/aromatic N) is 2. The number of guanidine groups is 1. The Hall–Kier alpha value is -2.49. The van der Waals surface area contributed by atoms with E-state index in [-0.39, 0.29) is 35.9 Å². The molecule has 1 unspecified atom stereocenters. The molecule has 2 aromatic carbocycles. The SMILES string of the molecule is CCNC(=NCc1ccc(OCc2ccccc2)c(OC)c1)NC1CCN(C(=O)CC)C1.I. The van der Waals surface area contributed by atoms with Gasteiger partial charge in [-0.25, -0.2) is 4.99 Å². The molecule has 7 nitrogen and oxygen atoms in total. The molecule has 0 spiro atoms. The van der Waals surface area contributed by atoms with E-state index < -0.39 is 0 Å². The third-order valence-corrected chi connectivity index (χ3v) is 5.41. The zero-order valence-electron chi connectivity index (χ0n) is 19.7. The molecule has 180 valence electrons. The number of halogens is 1. The minimum absolute atomic E-state index is 0. The average molecular weight is 566 g/mol. The first-order valence-electron chi connectivity index (χ1n) is 11.3. The van der Waals surface area contributed by atoms with Crippen LogP contribution in [0.4, 0.5) is 0 Å². The molecule has 1 saturated heterocycles. The minimum Gasteiger partial charge on any atom is -0.493 e. The smallest absolute Gasteiger partial charge is 0.222 e. The second-order valence-corrected chi connectivity index (χ2v) is 7.78. The molecule has 8 heteroatoms. The topological polar surface area (TPSA) is 75.2 Å². The van der Waals surface area contributed by atoms with Gasteiger partial charge in [0.25, 0.3) is 0 Å². The maximum Gasteiger partial charge on any atom is 0.222 e. The molecule has 2 aromatic rings. The Bertz CT molecular complexity index is 908. The van der Waals surface area contributed by atoms with E-state index in [1.165, 1.54) is 0 Å². The molecule has 1 aliphatic heterocycles. The summed E-state index contributed by atoms with van der Waals surface area (Å²) >= 11 is 0. The van der Waals surface area contributed by atoms with Crippen molar-refractivity contribution in [2.45, 2.75) is 45.9 Å². The zero-order chi connectivity index (χ0) is 22.8. The Morgan fingerprint density at radius 2 is 1.91 bits per heavy atom. The van der Waals surface area contributed by atoms with Crippen LogP contribution in [-0.4, -0.2) is 49.6 Å². The van der Waals surface area contributed by atoms with Crippen molar-refractivity contribution in [2.75, 3.05) is 26.7 Å². The van der Waals surface area contributed by atoms with E-state index in [1.54, 1.807) is 7.11 Å². The second kappa shape index (κ2) is 13.9. The van der Waals surface area contributed by atoms with Crippen molar-refractivity contribution in [3.05, 3.63) is 59.7 Å². The lowest BCUT2D eigenvalue weighted by Crippen LogP contribution is -2.45. The fourth-order valence-electron chi connectivity index (χ4n) is 3.68. The second-order valence-electron chi connectivity index (χ2n) is 7.78. The molecule has 3 rings (SSSR count). The number of likely N-dealkylation sites (tertiary alicyclic amines) is 1. The van der Waals surface area contributed by atoms with Gasteiger partial charge in [0.2, 0.25) is 5.91 Å². The number of ether oxygens (including phenoxy) is 2. The maximum atomic E-state index is 11.9. The van der Waals surface area contributed by atoms with Crippen LogP contribution in [0.15, 0.2) is 53.5 Å². The molecule has 1 amide bonds. The Morgan fingerprint density at radius 3 is 2.61 bits per heavy atom. The van der Waals surface area contributed by atoms with Gasteiger partial charge in [0.15, 0.2) is 17.5 Å². The molecule has 1 aliphatic rings. The zero-order valence-corrected chi connectivity index (χ0v) is 22.0. The molecule has 0 radical (unpaired) electrons. The number of carbonyl (C=O) groups is 1. The van der Waals surface area contributed by atoms with Crippen LogP contribution in [0.1, 0.15) is 37.8 Å². The van der Waals surface area contributed by atoms with Gasteiger partial charge in [-0.1, -0.05) is 43.3 Å². The highest BCUT2D eigenvalue weighted by atomic mass is 127. The van der Waals surface area contributed by atoms with Crippen molar-refractivity contribution in [1.82, 2.24) is 15.5 Å². The monoisotopic (exact) mass is 566 g/mol. The summed E-state index contributed by atoms with van der Waals surface area (Å²) in [6.45, 7) is 7.23. The quantitative estimate of drug-likeness (QED) is 0.273. The van der Waals surface area contributed by atoms with Crippen LogP contribution in [0.5, 0.6) is 11.5 Å². The molecular weight excluding hydrogens is 531 g/mol. The maximum absolute atomic E-state index is 11.9. The number of aliphatic imine (C=N–C) groups is 1. The summed E-state index contributed by atoms with van der Waals surface area (Å²) < 4.78 is 11.5. The van der Waals surface area contributed by atoms with Crippen LogP contribution in [0.3, 0.4) is 0 Å². The Kier molecular flexibility index (Phi) is 11.3. The number of rotatable bonds is 9. The van der Waals surface area contributed by atoms with Gasteiger partial charge in [0.1, 0.15) is 6.61 Å². The lowest BCUT2D eigenvalue weighted by atomic mass is 10.2. The fourth-order valence-corrected chi connectivity index (χ4v) is 3.68. The highest BCUT2D eigenvalue weighted by molar-refractivity contribution is 14.0. The van der Waals surface area contributed by atoms with Crippen molar-refractivity contribution < 1.29 is 14.3 Å². The van der Waals surface area contributed by atoms with Crippen LogP contribution in [-0.2, 0) is 17.9 Å². The van der Waals surface area contributed by atoms with Gasteiger partial charge in [-0.05, 0) is 36.6 Å². The first-order valence-corrected chi connectivity index (χ1v) is 11.3. The number of hydrogen-bond acceptors (Lipinski definition) is 4. The Balaban J connectivity index is 0.00000385. The van der Waals surface area contributed by atoms with Crippen molar-refractivity contribution in [3.8, 4) is 11.5 Å². The van der Waals surface area contributed by atoms with Crippen LogP contribution in [0, 0.1) is 0 Å². The number of benzene rings is 2. The molecular formula is C25H35IN4O3. The van der Waals surface area contributed by atoms with Gasteiger partial charge in [-0.2, -0.15) is 0 Å². The van der Waals surface area contributed by atoms with Gasteiger partial charge in [-0.3, -0.25) is 4.79 Å². The largest absolute Gasteiger partial charge is 0.493 e. The summed E-state index contributed by atoms with van der Waals surface area (Å²) in [5, 5.41) is 6.76. The molecule has 1 heterocycles. The van der Waals surface area contributed by atoms with Crippen LogP contribution in [0.2, 0.25) is 0 Å². The van der Waals surface area contributed by atoms with Gasteiger partial charge in [-0.15, -0.1) is 24.0 Å². The first kappa shape index (κ1) is 26.8. The number of carbonyl (C=O) groups excluding carboxylic acids is 1. The van der Waals surface area contributed by atoms with E-state index >= 15 is 0 Å². The predicted octanol–water partition coefficient (Wildman–Crippen LogP) is 3.96. The van der Waals surface area contributed by atoms with E-state index in [0.717, 1.165) is 43.1 Å². The predicted molar refractivity (Wildman–Crippen MR) is 142 cm³/mol. The summed E-state index contributed by atoms with van der Waals surface area (Å²) in [5.74, 6) is 2.36. The third kappa shape index (κ3) is 8.10. The molecule has 0 aliphatic carbocycles. The van der Waals surface area contributed by atoms with Crippen molar-refractivity contribution >= 4 is 35.8 Å². The molecule has 33 heavy (non-hydrogen) atoms. The van der Waals surface area contributed by atoms with Gasteiger partial charge in [0.05, 0.1) is 13.7 Å². The van der Waals surface area contributed by atoms with E-state index in [2.05, 4.69) is 10.6 Å². The van der Waals surface area contributed by atoms with E-state index in [9.17, 15) is 4.79 Å². The molecule has 0 saturated carbocycles. The van der Waals surface area contributed by atoms with Gasteiger partial charge >= 0.3 is 0 Å². The normalized spacial score (nSPS) is 15.5. The average Bonchev–Trinajstić information content (AvgIpc) is 3.30. The Morgan fingerprint density at radius 1 is 1.12 bits per heavy atom. The summed E-state index contributed by atoms with van der Waals surface area (Å²) in [6.07, 6.45) is 1.48. The van der Waals surface area contributed by atoms with Crippen molar-refractivity contribution in [1.29, 1.82) is 0 Å². The summed E-state index contributed by atoms with van der Waals surface area (Å²) in [4.78, 5) is 18.6. The first-order chi connectivity index (χ1) is 15.6. The fraction of sp³-hybridized carbons (Fsp3) is 0.440. The number of nitrogens with one attached hydrogen (secondary N) is 2. The third-order valence-electron chi connectivity index (χ3n) is 5.41. The summed E-state index contributed by atoms with van der Waals surface area (Å²) in [6, 6.07) is 16.2. The highest BCUT2D eigenvalue weighted by Crippen LogP contribution is 2.29. The van der Waals surface area contributed by atoms with Crippen LogP contribution >= 0.6 is 24.0 Å². The molecule has 1 fully saturated rings. The standard InChI is InChI=1S/C25H34N4O3.HI/c1-4-24(30)29-14-13-21(17-29)28-25(26-5-2)27-16-20-11-12-22(23(15-20)31-3)32-18-19-9-7-6-8-10-19;/h6-12,15,21H,4-5,13-14,16-18H2,1-3H3,(H2,26,27,28);1H. The lowest BCUT2D eigenvalue weighted by Gasteiger charge is -2.18. The van der Waals surface area contributed by atoms with Gasteiger partial charge < -0.3 is 25.0 Å². The molecule has 1 atom stereocenters. The van der Waals surface area contributed by atoms with E-state index in [0.29, 0.717) is 31.1 Å². The summed E-state index contributed by atoms with van der Waals surface area (Å²) in [5.41, 5.74) is 2.14. The lowest BCUT2D eigenvalue weighted by molar-refractivity contribution is -0.129. The Labute approximate surface area is 214 Å². The van der Waals surface area contributed by atoms with E-state index in [1.807, 2.05) is 67.3 Å². The van der Waals surface area contributed by atoms with E-state index in [4.69, 9.17) is 14.5 Å². The number of amides is 1. The minimum atomic E-state index is 0. The molecule has 0 aromatic heterocycles. The number of hydrogen-bond donors (Lipinski definition) is 2. The van der Waals surface area contributed by atoms with Crippen molar-refractivity contribution in [2.24, 2.45) is 4.99 Å². The summed E-state index contributed by atoms with van der Waals surface area (Å²) in [7, 11) is 1.65. The number of methoxy groups -OCH3 is 1. The van der Waals surface area contributed by atoms with Gasteiger partial charge in [0, 0.05) is 32.1 Å². The molecule has 2 N–H and O–H groups in total. The van der Waals surface area contributed by atoms with Crippen LogP contribution in [0.25, 0.3) is 0 Å². The van der Waals surface area contributed by atoms with Crippen LogP contribution < -0.4 is 20.1 Å². The molecule has 0 bridgehead atoms. The highest BCUT2D eigenvalue weighted by Gasteiger charge is 2.25.